The van der Waals surface area contributed by atoms with Crippen molar-refractivity contribution in [2.24, 2.45) is 15.9 Å². The first-order chi connectivity index (χ1) is 11.6. The van der Waals surface area contributed by atoms with Crippen molar-refractivity contribution in [3.63, 3.8) is 0 Å². The topological polar surface area (TPSA) is 83.7 Å². The molecule has 0 aliphatic carbocycles. The number of fused-ring (bicyclic) bond motifs is 1. The average Bonchev–Trinajstić information content (AvgIpc) is 2.57. The molecule has 3 rings (SSSR count). The Morgan fingerprint density at radius 2 is 2.08 bits per heavy atom. The highest BCUT2D eigenvalue weighted by Crippen LogP contribution is 2.37. The van der Waals surface area contributed by atoms with Crippen LogP contribution in [0.4, 0.5) is 4.79 Å². The van der Waals surface area contributed by atoms with Gasteiger partial charge in [0.2, 0.25) is 6.23 Å². The number of aromatic hydroxyl groups is 1. The molecule has 0 amide bonds. The fourth-order valence-electron chi connectivity index (χ4n) is 2.88. The summed E-state index contributed by atoms with van der Waals surface area (Å²) in [6.45, 7) is 3.92. The number of aliphatic imine (C=N–C) groups is 2. The average molecular weight is 329 g/mol. The van der Waals surface area contributed by atoms with Crippen molar-refractivity contribution >= 4 is 18.2 Å². The van der Waals surface area contributed by atoms with Crippen LogP contribution in [0.3, 0.4) is 0 Å². The molecule has 2 aliphatic rings. The number of amidine groups is 1. The van der Waals surface area contributed by atoms with Gasteiger partial charge < -0.3 is 19.5 Å². The molecule has 0 radical (unpaired) electrons. The molecular weight excluding hydrogens is 310 g/mol. The summed E-state index contributed by atoms with van der Waals surface area (Å²) in [5, 5.41) is 9.52. The van der Waals surface area contributed by atoms with Crippen LogP contribution in [0.15, 0.2) is 46.7 Å². The van der Waals surface area contributed by atoms with Gasteiger partial charge in [-0.25, -0.2) is 9.79 Å². The zero-order valence-corrected chi connectivity index (χ0v) is 13.5. The number of hydrogen-bond donors (Lipinski definition) is 1. The number of phenolic OH excluding ortho intramolecular Hbond substituents is 1. The van der Waals surface area contributed by atoms with E-state index in [0.29, 0.717) is 5.84 Å². The van der Waals surface area contributed by atoms with E-state index < -0.39 is 12.4 Å². The van der Waals surface area contributed by atoms with E-state index in [1.165, 1.54) is 0 Å². The van der Waals surface area contributed by atoms with E-state index >= 15 is 0 Å². The Labute approximate surface area is 139 Å². The van der Waals surface area contributed by atoms with Crippen LogP contribution in [-0.2, 0) is 9.47 Å². The lowest BCUT2D eigenvalue weighted by molar-refractivity contribution is -0.00645. The van der Waals surface area contributed by atoms with Gasteiger partial charge in [-0.15, -0.1) is 0 Å². The van der Waals surface area contributed by atoms with Crippen LogP contribution in [0, 0.1) is 5.92 Å². The minimum Gasteiger partial charge on any atom is -0.508 e. The van der Waals surface area contributed by atoms with Gasteiger partial charge in [-0.3, -0.25) is 4.99 Å². The Balaban J connectivity index is 1.93. The lowest BCUT2D eigenvalue weighted by atomic mass is 9.90. The number of carbonyl (C=O) groups is 1. The van der Waals surface area contributed by atoms with Crippen LogP contribution in [0.25, 0.3) is 0 Å². The smallest absolute Gasteiger partial charge is 0.508 e. The monoisotopic (exact) mass is 329 g/mol. The van der Waals surface area contributed by atoms with Crippen LogP contribution < -0.4 is 0 Å². The van der Waals surface area contributed by atoms with Crippen LogP contribution in [0.2, 0.25) is 0 Å². The molecule has 1 aromatic rings. The molecule has 24 heavy (non-hydrogen) atoms. The maximum absolute atomic E-state index is 11.7. The van der Waals surface area contributed by atoms with E-state index in [9.17, 15) is 9.90 Å². The Morgan fingerprint density at radius 3 is 2.79 bits per heavy atom. The second kappa shape index (κ2) is 6.74. The molecule has 2 heterocycles. The first-order valence-electron chi connectivity index (χ1n) is 7.78. The van der Waals surface area contributed by atoms with E-state index in [1.807, 2.05) is 30.2 Å². The molecule has 7 nitrogen and oxygen atoms in total. The molecule has 3 atom stereocenters. The number of hydrogen-bond acceptors (Lipinski definition) is 7. The lowest BCUT2D eigenvalue weighted by Gasteiger charge is -2.41. The fourth-order valence-corrected chi connectivity index (χ4v) is 2.88. The largest absolute Gasteiger partial charge is 0.510 e. The minimum atomic E-state index is -0.736. The highest BCUT2D eigenvalue weighted by atomic mass is 16.7. The number of carbonyl (C=O) groups excluding carboxylic acids is 1. The van der Waals surface area contributed by atoms with Crippen molar-refractivity contribution in [2.45, 2.75) is 26.1 Å². The van der Waals surface area contributed by atoms with Crippen molar-refractivity contribution in [1.29, 1.82) is 0 Å². The minimum absolute atomic E-state index is 0.111. The molecule has 0 aromatic heterocycles. The van der Waals surface area contributed by atoms with Crippen LogP contribution in [-0.4, -0.2) is 41.0 Å². The van der Waals surface area contributed by atoms with Crippen LogP contribution in [0.5, 0.6) is 5.75 Å². The molecular formula is C17H19N3O4. The number of phenols is 1. The predicted molar refractivity (Wildman–Crippen MR) is 88.8 cm³/mol. The molecule has 0 bridgehead atoms. The van der Waals surface area contributed by atoms with Gasteiger partial charge >= 0.3 is 6.16 Å². The van der Waals surface area contributed by atoms with Crippen molar-refractivity contribution in [3.05, 3.63) is 42.2 Å². The van der Waals surface area contributed by atoms with Gasteiger partial charge in [-0.2, -0.15) is 0 Å². The third-order valence-corrected chi connectivity index (χ3v) is 3.99. The van der Waals surface area contributed by atoms with Crippen LogP contribution in [0.1, 0.15) is 25.5 Å². The fraction of sp³-hybridized carbons (Fsp3) is 0.353. The SMILES string of the molecule is CCOC(=O)OC1N=C2C=NC=CN2C(c2ccc(O)cc2)C1C. The summed E-state index contributed by atoms with van der Waals surface area (Å²) in [7, 11) is 0. The summed E-state index contributed by atoms with van der Waals surface area (Å²) in [6, 6.07) is 6.86. The molecule has 1 aromatic carbocycles. The van der Waals surface area contributed by atoms with E-state index in [4.69, 9.17) is 9.47 Å². The Morgan fingerprint density at radius 1 is 1.33 bits per heavy atom. The second-order valence-corrected chi connectivity index (χ2v) is 5.56. The summed E-state index contributed by atoms with van der Waals surface area (Å²) < 4.78 is 10.2. The van der Waals surface area contributed by atoms with Gasteiger partial charge in [0.1, 0.15) is 5.75 Å². The summed E-state index contributed by atoms with van der Waals surface area (Å²) in [5.41, 5.74) is 0.977. The van der Waals surface area contributed by atoms with Crippen LogP contribution >= 0.6 is 0 Å². The van der Waals surface area contributed by atoms with Crippen molar-refractivity contribution in [1.82, 2.24) is 4.90 Å². The molecule has 0 saturated carbocycles. The molecule has 2 aliphatic heterocycles. The first-order valence-corrected chi connectivity index (χ1v) is 7.78. The van der Waals surface area contributed by atoms with Gasteiger partial charge in [0, 0.05) is 18.3 Å². The van der Waals surface area contributed by atoms with Gasteiger partial charge in [-0.05, 0) is 24.6 Å². The van der Waals surface area contributed by atoms with Crippen molar-refractivity contribution < 1.29 is 19.4 Å². The van der Waals surface area contributed by atoms with E-state index in [1.54, 1.807) is 31.5 Å². The summed E-state index contributed by atoms with van der Waals surface area (Å²) in [6.07, 6.45) is 3.74. The molecule has 3 unspecified atom stereocenters. The normalized spacial score (nSPS) is 25.0. The van der Waals surface area contributed by atoms with Gasteiger partial charge in [0.15, 0.2) is 5.84 Å². The number of ether oxygens (including phenoxy) is 2. The highest BCUT2D eigenvalue weighted by Gasteiger charge is 2.39. The van der Waals surface area contributed by atoms with Gasteiger partial charge in [0.05, 0.1) is 18.9 Å². The highest BCUT2D eigenvalue weighted by molar-refractivity contribution is 6.30. The summed E-state index contributed by atoms with van der Waals surface area (Å²) in [4.78, 5) is 22.2. The van der Waals surface area contributed by atoms with Gasteiger partial charge in [0.25, 0.3) is 0 Å². The number of rotatable bonds is 3. The molecule has 126 valence electrons. The third kappa shape index (κ3) is 3.10. The number of benzene rings is 1. The summed E-state index contributed by atoms with van der Waals surface area (Å²) in [5.74, 6) is 0.688. The second-order valence-electron chi connectivity index (χ2n) is 5.56. The quantitative estimate of drug-likeness (QED) is 0.862. The Kier molecular flexibility index (Phi) is 4.50. The first kappa shape index (κ1) is 16.0. The van der Waals surface area contributed by atoms with E-state index in [0.717, 1.165) is 5.56 Å². The zero-order chi connectivity index (χ0) is 17.1. The number of nitrogens with zero attached hydrogens (tertiary/aromatic N) is 3. The molecule has 1 N–H and O–H groups in total. The molecule has 0 spiro atoms. The molecule has 0 fully saturated rings. The standard InChI is InChI=1S/C17H19N3O4/c1-3-23-17(22)24-16-11(2)15(12-4-6-13(21)7-5-12)20-9-8-18-10-14(20)19-16/h4-11,15-16,21H,3H2,1-2H3. The Bertz CT molecular complexity index is 696. The molecule has 7 heteroatoms. The lowest BCUT2D eigenvalue weighted by Crippen LogP contribution is -2.45. The predicted octanol–water partition coefficient (Wildman–Crippen LogP) is 2.84. The maximum Gasteiger partial charge on any atom is 0.510 e. The van der Waals surface area contributed by atoms with E-state index in [-0.39, 0.29) is 24.3 Å². The summed E-state index contributed by atoms with van der Waals surface area (Å²) >= 11 is 0. The van der Waals surface area contributed by atoms with Crippen molar-refractivity contribution in [3.8, 4) is 5.75 Å². The van der Waals surface area contributed by atoms with Crippen molar-refractivity contribution in [2.75, 3.05) is 6.61 Å². The third-order valence-electron chi connectivity index (χ3n) is 3.99. The van der Waals surface area contributed by atoms with Gasteiger partial charge in [-0.1, -0.05) is 19.1 Å². The maximum atomic E-state index is 11.7. The zero-order valence-electron chi connectivity index (χ0n) is 13.5. The Hall–Kier alpha value is -2.83. The van der Waals surface area contributed by atoms with E-state index in [2.05, 4.69) is 9.98 Å². The molecule has 0 saturated heterocycles.